The van der Waals surface area contributed by atoms with Crippen LogP contribution in [0.15, 0.2) is 24.3 Å². The highest BCUT2D eigenvalue weighted by atomic mass is 19.1. The van der Waals surface area contributed by atoms with E-state index in [9.17, 15) is 9.18 Å². The van der Waals surface area contributed by atoms with Gasteiger partial charge in [0.15, 0.2) is 5.78 Å². The summed E-state index contributed by atoms with van der Waals surface area (Å²) in [4.78, 5) is 11.5. The van der Waals surface area contributed by atoms with E-state index in [-0.39, 0.29) is 18.0 Å². The van der Waals surface area contributed by atoms with Crippen LogP contribution in [0, 0.1) is 11.7 Å². The molecule has 1 aromatic rings. The number of rotatable bonds is 6. The number of hydrogen-bond donors (Lipinski definition) is 0. The normalized spacial score (nSPS) is 10.8. The molecule has 0 amide bonds. The third kappa shape index (κ3) is 4.11. The Labute approximate surface area is 95.4 Å². The lowest BCUT2D eigenvalue weighted by molar-refractivity contribution is 0.0735. The molecular formula is C13H17FO2. The fraction of sp³-hybridized carbons (Fsp3) is 0.462. The third-order valence-corrected chi connectivity index (χ3v) is 2.25. The summed E-state index contributed by atoms with van der Waals surface area (Å²) in [6.45, 7) is 4.66. The maximum Gasteiger partial charge on any atom is 0.191 e. The predicted molar refractivity (Wildman–Crippen MR) is 61.0 cm³/mol. The van der Waals surface area contributed by atoms with Gasteiger partial charge < -0.3 is 4.74 Å². The number of Topliss-reactive ketones (excluding diaryl/α,β-unsaturated/α-hetero) is 1. The number of carbonyl (C=O) groups is 1. The highest BCUT2D eigenvalue weighted by molar-refractivity contribution is 5.97. The summed E-state index contributed by atoms with van der Waals surface area (Å²) < 4.78 is 18.4. The summed E-state index contributed by atoms with van der Waals surface area (Å²) >= 11 is 0. The molecule has 1 rings (SSSR count). The van der Waals surface area contributed by atoms with Crippen LogP contribution >= 0.6 is 0 Å². The molecule has 0 unspecified atom stereocenters. The summed E-state index contributed by atoms with van der Waals surface area (Å²) in [7, 11) is 0. The minimum atomic E-state index is -0.486. The number of hydrogen-bond acceptors (Lipinski definition) is 2. The maximum absolute atomic E-state index is 13.2. The van der Waals surface area contributed by atoms with E-state index in [2.05, 4.69) is 13.8 Å². The number of benzene rings is 1. The molecule has 1 aromatic carbocycles. The Morgan fingerprint density at radius 2 is 2.06 bits per heavy atom. The Morgan fingerprint density at radius 1 is 1.38 bits per heavy atom. The summed E-state index contributed by atoms with van der Waals surface area (Å²) in [6, 6.07) is 5.96. The summed E-state index contributed by atoms with van der Waals surface area (Å²) in [5.74, 6) is -0.245. The van der Waals surface area contributed by atoms with E-state index >= 15 is 0 Å². The molecule has 16 heavy (non-hydrogen) atoms. The standard InChI is InChI=1S/C13H17FO2/c1-10(2)7-8-16-9-13(15)11-5-3-4-6-12(11)14/h3-6,10H,7-9H2,1-2H3. The van der Waals surface area contributed by atoms with Crippen molar-refractivity contribution in [3.05, 3.63) is 35.6 Å². The molecule has 0 saturated heterocycles. The van der Waals surface area contributed by atoms with E-state index in [0.717, 1.165) is 6.42 Å². The molecule has 2 nitrogen and oxygen atoms in total. The number of carbonyl (C=O) groups excluding carboxylic acids is 1. The molecular weight excluding hydrogens is 207 g/mol. The van der Waals surface area contributed by atoms with Crippen LogP contribution in [0.4, 0.5) is 4.39 Å². The van der Waals surface area contributed by atoms with E-state index in [1.165, 1.54) is 12.1 Å². The first kappa shape index (κ1) is 12.8. The lowest BCUT2D eigenvalue weighted by Gasteiger charge is -2.06. The Kier molecular flexibility index (Phi) is 5.12. The lowest BCUT2D eigenvalue weighted by atomic mass is 10.1. The molecule has 0 N–H and O–H groups in total. The van der Waals surface area contributed by atoms with E-state index in [0.29, 0.717) is 12.5 Å². The lowest BCUT2D eigenvalue weighted by Crippen LogP contribution is -2.12. The molecule has 0 heterocycles. The van der Waals surface area contributed by atoms with E-state index in [1.54, 1.807) is 12.1 Å². The largest absolute Gasteiger partial charge is 0.373 e. The van der Waals surface area contributed by atoms with Gasteiger partial charge in [-0.2, -0.15) is 0 Å². The van der Waals surface area contributed by atoms with Crippen molar-refractivity contribution in [3.8, 4) is 0 Å². The van der Waals surface area contributed by atoms with Crippen LogP contribution in [0.2, 0.25) is 0 Å². The van der Waals surface area contributed by atoms with Gasteiger partial charge >= 0.3 is 0 Å². The van der Waals surface area contributed by atoms with Gasteiger partial charge in [0.2, 0.25) is 0 Å². The fourth-order valence-corrected chi connectivity index (χ4v) is 1.25. The van der Waals surface area contributed by atoms with Crippen LogP contribution in [-0.4, -0.2) is 19.0 Å². The Balaban J connectivity index is 2.39. The van der Waals surface area contributed by atoms with Crippen LogP contribution in [-0.2, 0) is 4.74 Å². The molecule has 0 radical (unpaired) electrons. The van der Waals surface area contributed by atoms with E-state index < -0.39 is 5.82 Å². The predicted octanol–water partition coefficient (Wildman–Crippen LogP) is 3.07. The number of ketones is 1. The SMILES string of the molecule is CC(C)CCOCC(=O)c1ccccc1F. The van der Waals surface area contributed by atoms with Crippen molar-refractivity contribution in [2.45, 2.75) is 20.3 Å². The average molecular weight is 224 g/mol. The Bertz CT molecular complexity index is 348. The van der Waals surface area contributed by atoms with Crippen molar-refractivity contribution >= 4 is 5.78 Å². The van der Waals surface area contributed by atoms with Gasteiger partial charge in [-0.05, 0) is 24.5 Å². The monoisotopic (exact) mass is 224 g/mol. The first-order valence-corrected chi connectivity index (χ1v) is 5.46. The van der Waals surface area contributed by atoms with Crippen LogP contribution in [0.1, 0.15) is 30.6 Å². The Morgan fingerprint density at radius 3 is 2.69 bits per heavy atom. The summed E-state index contributed by atoms with van der Waals surface area (Å²) in [6.07, 6.45) is 0.907. The Hall–Kier alpha value is -1.22. The third-order valence-electron chi connectivity index (χ3n) is 2.25. The number of ether oxygens (including phenoxy) is 1. The van der Waals surface area contributed by atoms with Crippen molar-refractivity contribution in [2.24, 2.45) is 5.92 Å². The molecule has 88 valence electrons. The van der Waals surface area contributed by atoms with Gasteiger partial charge in [0.25, 0.3) is 0 Å². The van der Waals surface area contributed by atoms with Gasteiger partial charge in [-0.3, -0.25) is 4.79 Å². The minimum absolute atomic E-state index is 0.0480. The fourth-order valence-electron chi connectivity index (χ4n) is 1.25. The average Bonchev–Trinajstić information content (AvgIpc) is 2.24. The molecule has 0 aliphatic carbocycles. The highest BCUT2D eigenvalue weighted by Gasteiger charge is 2.10. The minimum Gasteiger partial charge on any atom is -0.373 e. The zero-order valence-corrected chi connectivity index (χ0v) is 9.70. The van der Waals surface area contributed by atoms with Gasteiger partial charge in [0, 0.05) is 6.61 Å². The van der Waals surface area contributed by atoms with Crippen molar-refractivity contribution in [2.75, 3.05) is 13.2 Å². The summed E-state index contributed by atoms with van der Waals surface area (Å²) in [5.41, 5.74) is 0.104. The van der Waals surface area contributed by atoms with Crippen molar-refractivity contribution in [1.29, 1.82) is 0 Å². The highest BCUT2D eigenvalue weighted by Crippen LogP contribution is 2.07. The maximum atomic E-state index is 13.2. The molecule has 0 spiro atoms. The van der Waals surface area contributed by atoms with Crippen LogP contribution < -0.4 is 0 Å². The van der Waals surface area contributed by atoms with E-state index in [1.807, 2.05) is 0 Å². The van der Waals surface area contributed by atoms with Crippen LogP contribution in [0.3, 0.4) is 0 Å². The second kappa shape index (κ2) is 6.38. The van der Waals surface area contributed by atoms with Gasteiger partial charge in [0.1, 0.15) is 12.4 Å². The molecule has 0 saturated carbocycles. The zero-order chi connectivity index (χ0) is 12.0. The summed E-state index contributed by atoms with van der Waals surface area (Å²) in [5, 5.41) is 0. The van der Waals surface area contributed by atoms with Gasteiger partial charge in [-0.15, -0.1) is 0 Å². The van der Waals surface area contributed by atoms with Gasteiger partial charge in [-0.1, -0.05) is 26.0 Å². The van der Waals surface area contributed by atoms with Gasteiger partial charge in [0.05, 0.1) is 5.56 Å². The smallest absolute Gasteiger partial charge is 0.191 e. The first-order chi connectivity index (χ1) is 7.61. The van der Waals surface area contributed by atoms with Crippen molar-refractivity contribution in [3.63, 3.8) is 0 Å². The molecule has 0 aliphatic rings. The molecule has 0 atom stereocenters. The van der Waals surface area contributed by atoms with Crippen LogP contribution in [0.25, 0.3) is 0 Å². The number of halogens is 1. The van der Waals surface area contributed by atoms with E-state index in [4.69, 9.17) is 4.74 Å². The molecule has 0 aliphatic heterocycles. The van der Waals surface area contributed by atoms with Gasteiger partial charge in [-0.25, -0.2) is 4.39 Å². The second-order valence-corrected chi connectivity index (χ2v) is 4.14. The zero-order valence-electron chi connectivity index (χ0n) is 9.70. The van der Waals surface area contributed by atoms with Crippen molar-refractivity contribution in [1.82, 2.24) is 0 Å². The first-order valence-electron chi connectivity index (χ1n) is 5.46. The second-order valence-electron chi connectivity index (χ2n) is 4.14. The van der Waals surface area contributed by atoms with Crippen molar-refractivity contribution < 1.29 is 13.9 Å². The van der Waals surface area contributed by atoms with Crippen LogP contribution in [0.5, 0.6) is 0 Å². The quantitative estimate of drug-likeness (QED) is 0.548. The topological polar surface area (TPSA) is 26.3 Å². The molecule has 0 bridgehead atoms. The molecule has 0 aromatic heterocycles. The molecule has 3 heteroatoms. The molecule has 0 fully saturated rings.